The van der Waals surface area contributed by atoms with Gasteiger partial charge < -0.3 is 15.5 Å². The van der Waals surface area contributed by atoms with E-state index in [0.29, 0.717) is 22.4 Å². The molecule has 0 saturated heterocycles. The van der Waals surface area contributed by atoms with Crippen molar-refractivity contribution in [1.29, 1.82) is 0 Å². The molecule has 0 aliphatic rings. The number of aromatic nitrogens is 2. The Balaban J connectivity index is 3.07. The number of nitrogens with zero attached hydrogens (tertiary/aromatic N) is 2. The van der Waals surface area contributed by atoms with E-state index in [1.807, 2.05) is 6.92 Å². The second kappa shape index (κ2) is 6.31. The topological polar surface area (TPSA) is 78.3 Å². The van der Waals surface area contributed by atoms with E-state index in [2.05, 4.69) is 15.3 Å². The van der Waals surface area contributed by atoms with Gasteiger partial charge in [-0.15, -0.1) is 0 Å². The molecule has 0 spiro atoms. The monoisotopic (exact) mass is 273 g/mol. The molecule has 1 rings (SSSR count). The molecule has 0 radical (unpaired) electrons. The highest BCUT2D eigenvalue weighted by atomic mass is 35.5. The summed E-state index contributed by atoms with van der Waals surface area (Å²) >= 11 is 6.05. The quantitative estimate of drug-likeness (QED) is 0.686. The molecule has 0 fully saturated rings. The first-order chi connectivity index (χ1) is 8.45. The molecule has 5 nitrogen and oxygen atoms in total. The molecule has 6 heteroatoms. The zero-order valence-electron chi connectivity index (χ0n) is 11.0. The Morgan fingerprint density at radius 3 is 2.39 bits per heavy atom. The summed E-state index contributed by atoms with van der Waals surface area (Å²) in [4.78, 5) is 8.57. The summed E-state index contributed by atoms with van der Waals surface area (Å²) in [6.07, 6.45) is 1.67. The van der Waals surface area contributed by atoms with Crippen LogP contribution in [0.1, 0.15) is 31.7 Å². The van der Waals surface area contributed by atoms with Crippen LogP contribution in [0.4, 0.5) is 5.82 Å². The molecule has 102 valence electrons. The number of hydrogen-bond donors (Lipinski definition) is 3. The predicted molar refractivity (Wildman–Crippen MR) is 72.0 cm³/mol. The van der Waals surface area contributed by atoms with Crippen LogP contribution in [0.15, 0.2) is 0 Å². The number of aliphatic hydroxyl groups is 2. The Bertz CT molecular complexity index is 409. The van der Waals surface area contributed by atoms with Crippen molar-refractivity contribution in [1.82, 2.24) is 9.97 Å². The molecule has 1 aromatic rings. The fourth-order valence-electron chi connectivity index (χ4n) is 1.40. The fourth-order valence-corrected chi connectivity index (χ4v) is 1.59. The van der Waals surface area contributed by atoms with Gasteiger partial charge in [0.2, 0.25) is 0 Å². The average Bonchev–Trinajstić information content (AvgIpc) is 2.35. The van der Waals surface area contributed by atoms with Crippen LogP contribution in [0.25, 0.3) is 0 Å². The van der Waals surface area contributed by atoms with Gasteiger partial charge in [0.25, 0.3) is 0 Å². The normalized spacial score (nSPS) is 11.7. The zero-order valence-corrected chi connectivity index (χ0v) is 11.8. The average molecular weight is 274 g/mol. The minimum absolute atomic E-state index is 0.201. The Morgan fingerprint density at radius 1 is 1.28 bits per heavy atom. The van der Waals surface area contributed by atoms with Crippen LogP contribution >= 0.6 is 11.6 Å². The summed E-state index contributed by atoms with van der Waals surface area (Å²) in [5.74, 6) is 1.22. The minimum atomic E-state index is -0.827. The van der Waals surface area contributed by atoms with E-state index < -0.39 is 5.54 Å². The number of aliphatic hydroxyl groups excluding tert-OH is 2. The molecule has 0 atom stereocenters. The number of rotatable bonds is 6. The summed E-state index contributed by atoms with van der Waals surface area (Å²) in [5.41, 5.74) is -0.115. The highest BCUT2D eigenvalue weighted by molar-refractivity contribution is 6.30. The highest BCUT2D eigenvalue weighted by Crippen LogP contribution is 2.23. The first kappa shape index (κ1) is 15.1. The second-order valence-corrected chi connectivity index (χ2v) is 5.01. The van der Waals surface area contributed by atoms with E-state index in [1.54, 1.807) is 13.8 Å². The molecule has 0 bridgehead atoms. The molecule has 1 aromatic heterocycles. The van der Waals surface area contributed by atoms with E-state index in [0.717, 1.165) is 12.8 Å². The largest absolute Gasteiger partial charge is 0.394 e. The van der Waals surface area contributed by atoms with Crippen LogP contribution in [0.2, 0.25) is 5.15 Å². The predicted octanol–water partition coefficient (Wildman–Crippen LogP) is 1.55. The van der Waals surface area contributed by atoms with Gasteiger partial charge in [0.1, 0.15) is 16.8 Å². The van der Waals surface area contributed by atoms with Crippen molar-refractivity contribution in [2.45, 2.75) is 39.2 Å². The molecule has 18 heavy (non-hydrogen) atoms. The lowest BCUT2D eigenvalue weighted by Gasteiger charge is -2.27. The van der Waals surface area contributed by atoms with Crippen molar-refractivity contribution < 1.29 is 10.2 Å². The molecule has 3 N–H and O–H groups in total. The number of halogens is 1. The number of aryl methyl sites for hydroxylation is 1. The maximum atomic E-state index is 9.28. The van der Waals surface area contributed by atoms with E-state index in [9.17, 15) is 10.2 Å². The van der Waals surface area contributed by atoms with Gasteiger partial charge in [-0.05, 0) is 20.3 Å². The molecule has 0 unspecified atom stereocenters. The third-order valence-electron chi connectivity index (χ3n) is 2.72. The summed E-state index contributed by atoms with van der Waals surface area (Å²) in [6, 6.07) is 0. The highest BCUT2D eigenvalue weighted by Gasteiger charge is 2.24. The summed E-state index contributed by atoms with van der Waals surface area (Å²) in [6.45, 7) is 5.15. The summed E-state index contributed by atoms with van der Waals surface area (Å²) in [7, 11) is 0. The molecule has 0 saturated carbocycles. The lowest BCUT2D eigenvalue weighted by Crippen LogP contribution is -2.43. The van der Waals surface area contributed by atoms with Crippen molar-refractivity contribution >= 4 is 17.4 Å². The van der Waals surface area contributed by atoms with Crippen LogP contribution in [0.3, 0.4) is 0 Å². The van der Waals surface area contributed by atoms with Crippen molar-refractivity contribution in [2.75, 3.05) is 18.5 Å². The van der Waals surface area contributed by atoms with Crippen molar-refractivity contribution in [2.24, 2.45) is 0 Å². The Hall–Kier alpha value is -0.910. The summed E-state index contributed by atoms with van der Waals surface area (Å²) in [5, 5.41) is 22.0. The van der Waals surface area contributed by atoms with Gasteiger partial charge in [0, 0.05) is 12.0 Å². The molecule has 0 aliphatic carbocycles. The van der Waals surface area contributed by atoms with Gasteiger partial charge >= 0.3 is 0 Å². The van der Waals surface area contributed by atoms with Crippen molar-refractivity contribution in [3.05, 3.63) is 16.5 Å². The van der Waals surface area contributed by atoms with E-state index in [4.69, 9.17) is 11.6 Å². The molecule has 1 heterocycles. The number of nitrogens with one attached hydrogen (secondary N) is 1. The van der Waals surface area contributed by atoms with Gasteiger partial charge in [-0.2, -0.15) is 0 Å². The summed E-state index contributed by atoms with van der Waals surface area (Å²) < 4.78 is 0. The standard InChI is InChI=1S/C12H20ClN3O2/c1-4-5-9-14-10(13)8(2)11(15-9)16-12(3,6-17)7-18/h17-18H,4-7H2,1-3H3,(H,14,15,16). The van der Waals surface area contributed by atoms with Crippen molar-refractivity contribution in [3.8, 4) is 0 Å². The van der Waals surface area contributed by atoms with Gasteiger partial charge in [-0.3, -0.25) is 0 Å². The Kier molecular flexibility index (Phi) is 5.31. The first-order valence-electron chi connectivity index (χ1n) is 5.98. The van der Waals surface area contributed by atoms with Crippen LogP contribution in [0.5, 0.6) is 0 Å². The molecule has 0 amide bonds. The Morgan fingerprint density at radius 2 is 1.89 bits per heavy atom. The maximum Gasteiger partial charge on any atom is 0.137 e. The zero-order chi connectivity index (χ0) is 13.8. The fraction of sp³-hybridized carbons (Fsp3) is 0.667. The Labute approximate surface area is 112 Å². The van der Waals surface area contributed by atoms with Crippen LogP contribution < -0.4 is 5.32 Å². The molecule has 0 aliphatic heterocycles. The van der Waals surface area contributed by atoms with Crippen LogP contribution in [-0.2, 0) is 6.42 Å². The molecular weight excluding hydrogens is 254 g/mol. The van der Waals surface area contributed by atoms with E-state index in [1.165, 1.54) is 0 Å². The van der Waals surface area contributed by atoms with Gasteiger partial charge in [0.15, 0.2) is 0 Å². The van der Waals surface area contributed by atoms with Crippen LogP contribution in [-0.4, -0.2) is 38.9 Å². The molecular formula is C12H20ClN3O2. The van der Waals surface area contributed by atoms with Crippen LogP contribution in [0, 0.1) is 6.92 Å². The minimum Gasteiger partial charge on any atom is -0.394 e. The first-order valence-corrected chi connectivity index (χ1v) is 6.36. The lowest BCUT2D eigenvalue weighted by atomic mass is 10.1. The third kappa shape index (κ3) is 3.54. The smallest absolute Gasteiger partial charge is 0.137 e. The van der Waals surface area contributed by atoms with Crippen molar-refractivity contribution in [3.63, 3.8) is 0 Å². The van der Waals surface area contributed by atoms with Gasteiger partial charge in [-0.25, -0.2) is 9.97 Å². The second-order valence-electron chi connectivity index (χ2n) is 4.66. The maximum absolute atomic E-state index is 9.28. The third-order valence-corrected chi connectivity index (χ3v) is 3.09. The van der Waals surface area contributed by atoms with E-state index in [-0.39, 0.29) is 13.2 Å². The van der Waals surface area contributed by atoms with E-state index >= 15 is 0 Å². The number of anilines is 1. The SMILES string of the molecule is CCCc1nc(Cl)c(C)c(NC(C)(CO)CO)n1. The lowest BCUT2D eigenvalue weighted by molar-refractivity contribution is 0.147. The van der Waals surface area contributed by atoms with Gasteiger partial charge in [0.05, 0.1) is 18.8 Å². The van der Waals surface area contributed by atoms with Gasteiger partial charge in [-0.1, -0.05) is 18.5 Å². The molecule has 0 aromatic carbocycles. The number of hydrogen-bond acceptors (Lipinski definition) is 5.